The van der Waals surface area contributed by atoms with E-state index in [0.29, 0.717) is 11.3 Å². The predicted octanol–water partition coefficient (Wildman–Crippen LogP) is 6.10. The average molecular weight is 441 g/mol. The quantitative estimate of drug-likeness (QED) is 0.213. The number of carbonyl (C=O) groups is 1. The van der Waals surface area contributed by atoms with Crippen LogP contribution in [0.25, 0.3) is 20.7 Å². The van der Waals surface area contributed by atoms with E-state index in [1.807, 2.05) is 42.5 Å². The topological polar surface area (TPSA) is 42.9 Å². The summed E-state index contributed by atoms with van der Waals surface area (Å²) in [6.45, 7) is 0. The molecule has 0 aliphatic rings. The molecule has 2 aromatic heterocycles. The van der Waals surface area contributed by atoms with E-state index < -0.39 is 0 Å². The number of carbonyl (C=O) groups excluding carboxylic acids is 1. The first-order chi connectivity index (χ1) is 12.7. The van der Waals surface area contributed by atoms with Crippen LogP contribution in [0.2, 0.25) is 0 Å². The molecule has 0 saturated carbocycles. The van der Waals surface area contributed by atoms with E-state index in [0.717, 1.165) is 30.2 Å². The Morgan fingerprint density at radius 1 is 1.04 bits per heavy atom. The number of hydrogen-bond donors (Lipinski definition) is 0. The first-order valence-electron chi connectivity index (χ1n) is 7.92. The minimum absolute atomic E-state index is 0.0905. The molecule has 0 N–H and O–H groups in total. The van der Waals surface area contributed by atoms with Crippen LogP contribution in [0.3, 0.4) is 0 Å². The molecule has 2 heterocycles. The average Bonchev–Trinajstić information content (AvgIpc) is 3.12. The maximum atomic E-state index is 12.4. The SMILES string of the molecule is O=C(CSc1ncnc2sc(-c3ccccc3)cc12)c1ccc(Br)cc1. The fourth-order valence-corrected chi connectivity index (χ4v) is 4.75. The summed E-state index contributed by atoms with van der Waals surface area (Å²) < 4.78 is 0.964. The van der Waals surface area contributed by atoms with Gasteiger partial charge >= 0.3 is 0 Å². The van der Waals surface area contributed by atoms with Crippen molar-refractivity contribution in [2.45, 2.75) is 5.03 Å². The lowest BCUT2D eigenvalue weighted by atomic mass is 10.2. The molecule has 128 valence electrons. The Morgan fingerprint density at radius 3 is 2.58 bits per heavy atom. The van der Waals surface area contributed by atoms with Gasteiger partial charge in [0.1, 0.15) is 16.2 Å². The van der Waals surface area contributed by atoms with Crippen LogP contribution in [-0.4, -0.2) is 21.5 Å². The van der Waals surface area contributed by atoms with Crippen LogP contribution in [0.15, 0.2) is 76.5 Å². The maximum absolute atomic E-state index is 12.4. The van der Waals surface area contributed by atoms with Crippen LogP contribution in [-0.2, 0) is 0 Å². The molecule has 0 aliphatic heterocycles. The molecule has 0 bridgehead atoms. The van der Waals surface area contributed by atoms with Gasteiger partial charge in [-0.15, -0.1) is 11.3 Å². The summed E-state index contributed by atoms with van der Waals surface area (Å²) in [5.41, 5.74) is 1.87. The molecular formula is C20H13BrN2OS2. The largest absolute Gasteiger partial charge is 0.293 e. The number of nitrogens with zero attached hydrogens (tertiary/aromatic N) is 2. The summed E-state index contributed by atoms with van der Waals surface area (Å²) in [6, 6.07) is 19.8. The summed E-state index contributed by atoms with van der Waals surface area (Å²) in [6.07, 6.45) is 1.57. The third kappa shape index (κ3) is 3.72. The molecule has 6 heteroatoms. The Balaban J connectivity index is 1.57. The Hall–Kier alpha value is -2.02. The fourth-order valence-electron chi connectivity index (χ4n) is 2.55. The van der Waals surface area contributed by atoms with Crippen molar-refractivity contribution in [3.8, 4) is 10.4 Å². The van der Waals surface area contributed by atoms with Gasteiger partial charge in [-0.3, -0.25) is 4.79 Å². The van der Waals surface area contributed by atoms with Crippen molar-refractivity contribution in [2.75, 3.05) is 5.75 Å². The summed E-state index contributed by atoms with van der Waals surface area (Å²) >= 11 is 6.49. The Bertz CT molecular complexity index is 1060. The van der Waals surface area contributed by atoms with Crippen LogP contribution >= 0.6 is 39.0 Å². The fraction of sp³-hybridized carbons (Fsp3) is 0.0500. The summed E-state index contributed by atoms with van der Waals surface area (Å²) in [5.74, 6) is 0.442. The lowest BCUT2D eigenvalue weighted by Crippen LogP contribution is -2.02. The van der Waals surface area contributed by atoms with E-state index in [-0.39, 0.29) is 5.78 Å². The van der Waals surface area contributed by atoms with Crippen molar-refractivity contribution >= 4 is 55.0 Å². The van der Waals surface area contributed by atoms with Crippen molar-refractivity contribution < 1.29 is 4.79 Å². The Kier molecular flexibility index (Phi) is 5.15. The molecule has 0 unspecified atom stereocenters. The highest BCUT2D eigenvalue weighted by Crippen LogP contribution is 2.36. The molecule has 0 fully saturated rings. The van der Waals surface area contributed by atoms with Crippen LogP contribution < -0.4 is 0 Å². The predicted molar refractivity (Wildman–Crippen MR) is 112 cm³/mol. The highest BCUT2D eigenvalue weighted by molar-refractivity contribution is 9.10. The molecular weight excluding hydrogens is 428 g/mol. The second-order valence-corrected chi connectivity index (χ2v) is 8.50. The zero-order chi connectivity index (χ0) is 17.9. The normalized spacial score (nSPS) is 11.0. The lowest BCUT2D eigenvalue weighted by molar-refractivity contribution is 0.102. The third-order valence-electron chi connectivity index (χ3n) is 3.86. The molecule has 4 aromatic rings. The van der Waals surface area contributed by atoms with Crippen molar-refractivity contribution in [1.82, 2.24) is 9.97 Å². The van der Waals surface area contributed by atoms with Crippen molar-refractivity contribution in [1.29, 1.82) is 0 Å². The molecule has 0 atom stereocenters. The number of fused-ring (bicyclic) bond motifs is 1. The standard InChI is InChI=1S/C20H13BrN2OS2/c21-15-8-6-13(7-9-15)17(24)11-25-19-16-10-18(14-4-2-1-3-5-14)26-20(16)23-12-22-19/h1-10,12H,11H2. The number of hydrogen-bond acceptors (Lipinski definition) is 5. The van der Waals surface area contributed by atoms with Crippen molar-refractivity contribution in [3.63, 3.8) is 0 Å². The van der Waals surface area contributed by atoms with Crippen LogP contribution in [0.5, 0.6) is 0 Å². The lowest BCUT2D eigenvalue weighted by Gasteiger charge is -2.02. The first kappa shape index (κ1) is 17.4. The van der Waals surface area contributed by atoms with E-state index >= 15 is 0 Å². The van der Waals surface area contributed by atoms with Gasteiger partial charge in [-0.25, -0.2) is 9.97 Å². The molecule has 0 saturated heterocycles. The van der Waals surface area contributed by atoms with Crippen molar-refractivity contribution in [2.24, 2.45) is 0 Å². The molecule has 0 aliphatic carbocycles. The first-order valence-corrected chi connectivity index (χ1v) is 10.5. The summed E-state index contributed by atoms with van der Waals surface area (Å²) in [4.78, 5) is 23.3. The molecule has 0 amide bonds. The van der Waals surface area contributed by atoms with Gasteiger partial charge in [0.2, 0.25) is 0 Å². The van der Waals surface area contributed by atoms with E-state index in [2.05, 4.69) is 44.1 Å². The van der Waals surface area contributed by atoms with Gasteiger partial charge in [0.05, 0.1) is 5.75 Å². The number of thiophene rings is 1. The molecule has 4 rings (SSSR count). The van der Waals surface area contributed by atoms with E-state index in [1.165, 1.54) is 11.8 Å². The van der Waals surface area contributed by atoms with Crippen molar-refractivity contribution in [3.05, 3.63) is 77.0 Å². The third-order valence-corrected chi connectivity index (χ3v) is 6.48. The number of aromatic nitrogens is 2. The zero-order valence-corrected chi connectivity index (χ0v) is 16.8. The van der Waals surface area contributed by atoms with Crippen LogP contribution in [0, 0.1) is 0 Å². The second kappa shape index (κ2) is 7.70. The van der Waals surface area contributed by atoms with E-state index in [9.17, 15) is 4.79 Å². The van der Waals surface area contributed by atoms with E-state index in [1.54, 1.807) is 17.7 Å². The molecule has 0 radical (unpaired) electrons. The van der Waals surface area contributed by atoms with Crippen LogP contribution in [0.4, 0.5) is 0 Å². The summed E-state index contributed by atoms with van der Waals surface area (Å²) in [7, 11) is 0. The number of Topliss-reactive ketones (excluding diaryl/α,β-unsaturated/α-hetero) is 1. The van der Waals surface area contributed by atoms with Gasteiger partial charge in [0, 0.05) is 20.3 Å². The number of rotatable bonds is 5. The monoisotopic (exact) mass is 440 g/mol. The zero-order valence-electron chi connectivity index (χ0n) is 13.6. The minimum atomic E-state index is 0.0905. The van der Waals surface area contributed by atoms with E-state index in [4.69, 9.17) is 0 Å². The second-order valence-electron chi connectivity index (χ2n) is 5.59. The number of halogens is 1. The maximum Gasteiger partial charge on any atom is 0.173 e. The minimum Gasteiger partial charge on any atom is -0.293 e. The molecule has 26 heavy (non-hydrogen) atoms. The van der Waals surface area contributed by atoms with Gasteiger partial charge in [-0.05, 0) is 23.8 Å². The molecule has 3 nitrogen and oxygen atoms in total. The Morgan fingerprint density at radius 2 is 1.81 bits per heavy atom. The van der Waals surface area contributed by atoms with Gasteiger partial charge < -0.3 is 0 Å². The summed E-state index contributed by atoms with van der Waals surface area (Å²) in [5, 5.41) is 1.85. The van der Waals surface area contributed by atoms with Gasteiger partial charge in [0.25, 0.3) is 0 Å². The molecule has 0 spiro atoms. The van der Waals surface area contributed by atoms with Gasteiger partial charge in [-0.2, -0.15) is 0 Å². The van der Waals surface area contributed by atoms with Gasteiger partial charge in [-0.1, -0.05) is 70.2 Å². The smallest absolute Gasteiger partial charge is 0.173 e. The highest BCUT2D eigenvalue weighted by atomic mass is 79.9. The number of thioether (sulfide) groups is 1. The Labute approximate surface area is 167 Å². The number of ketones is 1. The van der Waals surface area contributed by atoms with Crippen LogP contribution in [0.1, 0.15) is 10.4 Å². The molecule has 2 aromatic carbocycles. The van der Waals surface area contributed by atoms with Gasteiger partial charge in [0.15, 0.2) is 5.78 Å². The number of benzene rings is 2. The highest BCUT2D eigenvalue weighted by Gasteiger charge is 2.13.